The lowest BCUT2D eigenvalue weighted by molar-refractivity contribution is 0.102. The predicted molar refractivity (Wildman–Crippen MR) is 89.4 cm³/mol. The number of hydrogen-bond donors (Lipinski definition) is 1. The number of nitrogens with zero attached hydrogens (tertiary/aromatic N) is 2. The number of hydrogen-bond acceptors (Lipinski definition) is 6. The fourth-order valence-electron chi connectivity index (χ4n) is 2.32. The second-order valence-corrected chi connectivity index (χ2v) is 6.06. The number of rotatable bonds is 5. The molecule has 0 radical (unpaired) electrons. The van der Waals surface area contributed by atoms with E-state index in [2.05, 4.69) is 15.2 Å². The Morgan fingerprint density at radius 3 is 2.83 bits per heavy atom. The first kappa shape index (κ1) is 14.8. The zero-order valence-corrected chi connectivity index (χ0v) is 13.4. The molecule has 1 aliphatic heterocycles. The van der Waals surface area contributed by atoms with Crippen molar-refractivity contribution >= 4 is 17.5 Å². The summed E-state index contributed by atoms with van der Waals surface area (Å²) < 4.78 is 10.7. The number of fused-ring (bicyclic) bond motifs is 1. The predicted octanol–water partition coefficient (Wildman–Crippen LogP) is 3.18. The molecule has 0 atom stereocenters. The zero-order valence-electron chi connectivity index (χ0n) is 12.6. The van der Waals surface area contributed by atoms with E-state index >= 15 is 0 Å². The maximum absolute atomic E-state index is 12.1. The first-order chi connectivity index (χ1) is 11.8. The molecule has 0 amide bonds. The molecule has 7 heteroatoms. The highest BCUT2D eigenvalue weighted by Gasteiger charge is 2.16. The van der Waals surface area contributed by atoms with Gasteiger partial charge in [-0.05, 0) is 18.2 Å². The molecule has 0 saturated carbocycles. The van der Waals surface area contributed by atoms with Gasteiger partial charge in [-0.2, -0.15) is 0 Å². The summed E-state index contributed by atoms with van der Waals surface area (Å²) in [6.07, 6.45) is 0. The topological polar surface area (TPSA) is 77.1 Å². The Labute approximate surface area is 142 Å². The van der Waals surface area contributed by atoms with Gasteiger partial charge in [-0.3, -0.25) is 9.89 Å². The molecule has 6 nitrogen and oxygen atoms in total. The molecule has 4 rings (SSSR count). The molecule has 0 spiro atoms. The first-order valence-corrected chi connectivity index (χ1v) is 8.31. The molecule has 1 aliphatic rings. The van der Waals surface area contributed by atoms with Gasteiger partial charge < -0.3 is 9.47 Å². The van der Waals surface area contributed by atoms with Crippen molar-refractivity contribution in [3.8, 4) is 22.9 Å². The van der Waals surface area contributed by atoms with Crippen molar-refractivity contribution in [1.29, 1.82) is 0 Å². The molecule has 24 heavy (non-hydrogen) atoms. The Morgan fingerprint density at radius 2 is 1.96 bits per heavy atom. The molecule has 0 aliphatic carbocycles. The van der Waals surface area contributed by atoms with Crippen LogP contribution in [0.2, 0.25) is 0 Å². The summed E-state index contributed by atoms with van der Waals surface area (Å²) in [5, 5.41) is 7.58. The maximum Gasteiger partial charge on any atom is 0.231 e. The van der Waals surface area contributed by atoms with Crippen molar-refractivity contribution in [2.75, 3.05) is 12.5 Å². The van der Waals surface area contributed by atoms with Crippen molar-refractivity contribution in [3.63, 3.8) is 0 Å². The van der Waals surface area contributed by atoms with E-state index in [1.54, 1.807) is 12.1 Å². The summed E-state index contributed by atoms with van der Waals surface area (Å²) in [4.78, 5) is 16.5. The van der Waals surface area contributed by atoms with Gasteiger partial charge in [-0.1, -0.05) is 42.1 Å². The lowest BCUT2D eigenvalue weighted by Crippen LogP contribution is -2.01. The lowest BCUT2D eigenvalue weighted by Gasteiger charge is -1.99. The second kappa shape index (κ2) is 6.37. The van der Waals surface area contributed by atoms with E-state index in [-0.39, 0.29) is 12.6 Å². The number of carbonyl (C=O) groups excluding carboxylic acids is 1. The van der Waals surface area contributed by atoms with Crippen LogP contribution < -0.4 is 9.47 Å². The molecule has 2 heterocycles. The molecule has 1 aromatic heterocycles. The Morgan fingerprint density at radius 1 is 1.12 bits per heavy atom. The van der Waals surface area contributed by atoms with Crippen LogP contribution in [0, 0.1) is 0 Å². The zero-order chi connectivity index (χ0) is 16.4. The smallest absolute Gasteiger partial charge is 0.231 e. The van der Waals surface area contributed by atoms with Crippen LogP contribution in [-0.4, -0.2) is 33.5 Å². The summed E-state index contributed by atoms with van der Waals surface area (Å²) in [6, 6.07) is 14.8. The van der Waals surface area contributed by atoms with Crippen LogP contribution >= 0.6 is 11.8 Å². The number of aromatic nitrogens is 3. The minimum Gasteiger partial charge on any atom is -0.454 e. The van der Waals surface area contributed by atoms with Gasteiger partial charge in [0.15, 0.2) is 23.1 Å². The molecule has 0 unspecified atom stereocenters. The fourth-order valence-corrected chi connectivity index (χ4v) is 3.01. The van der Waals surface area contributed by atoms with Gasteiger partial charge in [0.2, 0.25) is 11.9 Å². The number of thioether (sulfide) groups is 1. The van der Waals surface area contributed by atoms with Gasteiger partial charge >= 0.3 is 0 Å². The maximum atomic E-state index is 12.1. The van der Waals surface area contributed by atoms with Gasteiger partial charge in [0.05, 0.1) is 5.75 Å². The van der Waals surface area contributed by atoms with Crippen LogP contribution in [0.4, 0.5) is 0 Å². The molecular formula is C17H13N3O3S. The standard InChI is InChI=1S/C17H13N3O3S/c21-13(11-4-2-1-3-5-11)9-24-17-18-16(19-20-17)12-6-7-14-15(8-12)23-10-22-14/h1-8H,9-10H2,(H,18,19,20). The molecule has 1 N–H and O–H groups in total. The molecule has 120 valence electrons. The van der Waals surface area contributed by atoms with Crippen molar-refractivity contribution in [2.45, 2.75) is 5.16 Å². The average molecular weight is 339 g/mol. The monoisotopic (exact) mass is 339 g/mol. The summed E-state index contributed by atoms with van der Waals surface area (Å²) in [6.45, 7) is 0.234. The number of benzene rings is 2. The van der Waals surface area contributed by atoms with Gasteiger partial charge in [0.25, 0.3) is 0 Å². The van der Waals surface area contributed by atoms with Crippen LogP contribution in [0.25, 0.3) is 11.4 Å². The summed E-state index contributed by atoms with van der Waals surface area (Å²) in [5.74, 6) is 2.39. The van der Waals surface area contributed by atoms with E-state index in [0.29, 0.717) is 28.0 Å². The van der Waals surface area contributed by atoms with Gasteiger partial charge in [0, 0.05) is 11.1 Å². The van der Waals surface area contributed by atoms with Crippen molar-refractivity contribution in [1.82, 2.24) is 15.2 Å². The molecule has 0 saturated heterocycles. The largest absolute Gasteiger partial charge is 0.454 e. The Hall–Kier alpha value is -2.80. The summed E-state index contributed by atoms with van der Waals surface area (Å²) in [7, 11) is 0. The van der Waals surface area contributed by atoms with Crippen LogP contribution in [0.3, 0.4) is 0 Å². The minimum absolute atomic E-state index is 0.0510. The van der Waals surface area contributed by atoms with Crippen molar-refractivity contribution < 1.29 is 14.3 Å². The molecule has 0 bridgehead atoms. The van der Waals surface area contributed by atoms with Crippen molar-refractivity contribution in [2.24, 2.45) is 0 Å². The Balaban J connectivity index is 1.44. The van der Waals surface area contributed by atoms with E-state index in [0.717, 1.165) is 11.3 Å². The van der Waals surface area contributed by atoms with E-state index in [4.69, 9.17) is 9.47 Å². The van der Waals surface area contributed by atoms with E-state index in [1.165, 1.54) is 11.8 Å². The molecular weight excluding hydrogens is 326 g/mol. The number of H-pyrrole nitrogens is 1. The lowest BCUT2D eigenvalue weighted by atomic mass is 10.2. The Bertz CT molecular complexity index is 880. The van der Waals surface area contributed by atoms with Gasteiger partial charge in [0.1, 0.15) is 0 Å². The van der Waals surface area contributed by atoms with Crippen LogP contribution in [0.1, 0.15) is 10.4 Å². The van der Waals surface area contributed by atoms with Gasteiger partial charge in [-0.25, -0.2) is 4.98 Å². The van der Waals surface area contributed by atoms with Crippen LogP contribution in [-0.2, 0) is 0 Å². The highest BCUT2D eigenvalue weighted by atomic mass is 32.2. The third-order valence-electron chi connectivity index (χ3n) is 3.54. The second-order valence-electron chi connectivity index (χ2n) is 5.11. The number of ketones is 1. The number of aromatic amines is 1. The number of ether oxygens (including phenoxy) is 2. The SMILES string of the molecule is O=C(CSc1n[nH]c(-c2ccc3c(c2)OCO3)n1)c1ccccc1. The quantitative estimate of drug-likeness (QED) is 0.568. The summed E-state index contributed by atoms with van der Waals surface area (Å²) >= 11 is 1.31. The van der Waals surface area contributed by atoms with E-state index in [1.807, 2.05) is 36.4 Å². The highest BCUT2D eigenvalue weighted by molar-refractivity contribution is 7.99. The first-order valence-electron chi connectivity index (χ1n) is 7.33. The number of nitrogens with one attached hydrogen (secondary N) is 1. The Kier molecular flexibility index (Phi) is 3.92. The van der Waals surface area contributed by atoms with Gasteiger partial charge in [-0.15, -0.1) is 5.10 Å². The number of carbonyl (C=O) groups is 1. The normalized spacial score (nSPS) is 12.3. The summed E-state index contributed by atoms with van der Waals surface area (Å²) in [5.41, 5.74) is 1.55. The molecule has 0 fully saturated rings. The average Bonchev–Trinajstić information content (AvgIpc) is 3.29. The van der Waals surface area contributed by atoms with Crippen molar-refractivity contribution in [3.05, 3.63) is 54.1 Å². The molecule has 2 aromatic carbocycles. The highest BCUT2D eigenvalue weighted by Crippen LogP contribution is 2.35. The number of Topliss-reactive ketones (excluding diaryl/α,β-unsaturated/α-hetero) is 1. The fraction of sp³-hybridized carbons (Fsp3) is 0.118. The van der Waals surface area contributed by atoms with E-state index in [9.17, 15) is 4.79 Å². The third-order valence-corrected chi connectivity index (χ3v) is 4.39. The van der Waals surface area contributed by atoms with Crippen LogP contribution in [0.5, 0.6) is 11.5 Å². The van der Waals surface area contributed by atoms with E-state index < -0.39 is 0 Å². The third kappa shape index (κ3) is 2.98. The van der Waals surface area contributed by atoms with Crippen LogP contribution in [0.15, 0.2) is 53.7 Å². The minimum atomic E-state index is 0.0510. The molecule has 3 aromatic rings.